The summed E-state index contributed by atoms with van der Waals surface area (Å²) in [7, 11) is 3.41. The zero-order valence-corrected chi connectivity index (χ0v) is 11.3. The lowest BCUT2D eigenvalue weighted by Gasteiger charge is -2.15. The van der Waals surface area contributed by atoms with Crippen LogP contribution < -0.4 is 9.47 Å². The van der Waals surface area contributed by atoms with E-state index in [9.17, 15) is 0 Å². The van der Waals surface area contributed by atoms with Gasteiger partial charge in [0.2, 0.25) is 0 Å². The molecule has 1 fully saturated rings. The normalized spacial score (nSPS) is 14.2. The van der Waals surface area contributed by atoms with Crippen molar-refractivity contribution in [2.24, 2.45) is 0 Å². The topological polar surface area (TPSA) is 18.5 Å². The van der Waals surface area contributed by atoms with Crippen molar-refractivity contribution < 1.29 is 9.47 Å². The molecule has 19 heavy (non-hydrogen) atoms. The van der Waals surface area contributed by atoms with Gasteiger partial charge in [-0.3, -0.25) is 0 Å². The third kappa shape index (κ3) is 2.30. The largest absolute Gasteiger partial charge is 0.493 e. The molecule has 1 aliphatic rings. The quantitative estimate of drug-likeness (QED) is 0.812. The smallest absolute Gasteiger partial charge is 0.164 e. The van der Waals surface area contributed by atoms with Gasteiger partial charge in [-0.05, 0) is 42.0 Å². The Morgan fingerprint density at radius 1 is 0.895 bits per heavy atom. The molecule has 0 bridgehead atoms. The Hall–Kier alpha value is -1.96. The van der Waals surface area contributed by atoms with Gasteiger partial charge >= 0.3 is 0 Å². The molecule has 0 aliphatic heterocycles. The molecule has 2 aromatic rings. The molecule has 0 saturated heterocycles. The van der Waals surface area contributed by atoms with Crippen molar-refractivity contribution in [2.75, 3.05) is 14.2 Å². The van der Waals surface area contributed by atoms with Crippen LogP contribution in [0.2, 0.25) is 0 Å². The predicted molar refractivity (Wildman–Crippen MR) is 77.0 cm³/mol. The van der Waals surface area contributed by atoms with Crippen LogP contribution in [-0.4, -0.2) is 14.2 Å². The molecule has 0 spiro atoms. The molecular formula is C17H18O2. The van der Waals surface area contributed by atoms with Crippen molar-refractivity contribution in [3.63, 3.8) is 0 Å². The van der Waals surface area contributed by atoms with Gasteiger partial charge in [0.15, 0.2) is 11.5 Å². The van der Waals surface area contributed by atoms with E-state index in [0.29, 0.717) is 5.92 Å². The van der Waals surface area contributed by atoms with Gasteiger partial charge in [-0.1, -0.05) is 30.3 Å². The van der Waals surface area contributed by atoms with E-state index in [1.807, 2.05) is 6.07 Å². The standard InChI is InChI=1S/C17H18O2/c1-18-16-11-14(12-6-4-3-5-7-12)10-15(13-8-9-13)17(16)19-2/h3-7,10-11,13H,8-9H2,1-2H3. The molecule has 0 unspecified atom stereocenters. The van der Waals surface area contributed by atoms with Gasteiger partial charge in [-0.15, -0.1) is 0 Å². The Bertz CT molecular complexity index is 571. The van der Waals surface area contributed by atoms with Crippen molar-refractivity contribution in [3.05, 3.63) is 48.0 Å². The molecule has 2 heteroatoms. The summed E-state index contributed by atoms with van der Waals surface area (Å²) >= 11 is 0. The van der Waals surface area contributed by atoms with Crippen LogP contribution in [0.3, 0.4) is 0 Å². The second kappa shape index (κ2) is 4.96. The van der Waals surface area contributed by atoms with Gasteiger partial charge in [-0.2, -0.15) is 0 Å². The van der Waals surface area contributed by atoms with Crippen molar-refractivity contribution in [2.45, 2.75) is 18.8 Å². The SMILES string of the molecule is COc1cc(-c2ccccc2)cc(C2CC2)c1OC. The van der Waals surface area contributed by atoms with Gasteiger partial charge in [0.05, 0.1) is 14.2 Å². The number of rotatable bonds is 4. The molecule has 3 rings (SSSR count). The average molecular weight is 254 g/mol. The first kappa shape index (κ1) is 12.1. The molecule has 1 saturated carbocycles. The molecular weight excluding hydrogens is 236 g/mol. The maximum atomic E-state index is 5.53. The number of methoxy groups -OCH3 is 2. The summed E-state index contributed by atoms with van der Waals surface area (Å²) in [5.74, 6) is 2.35. The highest BCUT2D eigenvalue weighted by Crippen LogP contribution is 2.49. The van der Waals surface area contributed by atoms with E-state index < -0.39 is 0 Å². The molecule has 98 valence electrons. The van der Waals surface area contributed by atoms with Gasteiger partial charge in [0.1, 0.15) is 0 Å². The minimum Gasteiger partial charge on any atom is -0.493 e. The van der Waals surface area contributed by atoms with Gasteiger partial charge in [-0.25, -0.2) is 0 Å². The molecule has 0 heterocycles. The van der Waals surface area contributed by atoms with E-state index in [-0.39, 0.29) is 0 Å². The highest BCUT2D eigenvalue weighted by Gasteiger charge is 2.29. The lowest BCUT2D eigenvalue weighted by molar-refractivity contribution is 0.352. The van der Waals surface area contributed by atoms with Crippen molar-refractivity contribution >= 4 is 0 Å². The highest BCUT2D eigenvalue weighted by molar-refractivity contribution is 5.70. The second-order valence-electron chi connectivity index (χ2n) is 4.94. The fourth-order valence-corrected chi connectivity index (χ4v) is 2.49. The Morgan fingerprint density at radius 3 is 2.21 bits per heavy atom. The summed E-state index contributed by atoms with van der Waals surface area (Å²) in [5.41, 5.74) is 3.69. The summed E-state index contributed by atoms with van der Waals surface area (Å²) in [6, 6.07) is 14.7. The van der Waals surface area contributed by atoms with Crippen LogP contribution in [0.1, 0.15) is 24.3 Å². The minimum absolute atomic E-state index is 0.632. The second-order valence-corrected chi connectivity index (χ2v) is 4.94. The molecule has 0 N–H and O–H groups in total. The number of ether oxygens (including phenoxy) is 2. The number of hydrogen-bond acceptors (Lipinski definition) is 2. The zero-order chi connectivity index (χ0) is 13.2. The van der Waals surface area contributed by atoms with E-state index in [1.54, 1.807) is 14.2 Å². The number of hydrogen-bond donors (Lipinski definition) is 0. The Morgan fingerprint density at radius 2 is 1.63 bits per heavy atom. The first-order valence-electron chi connectivity index (χ1n) is 6.65. The third-order valence-corrected chi connectivity index (χ3v) is 3.63. The van der Waals surface area contributed by atoms with Gasteiger partial charge in [0, 0.05) is 5.56 Å². The third-order valence-electron chi connectivity index (χ3n) is 3.63. The van der Waals surface area contributed by atoms with E-state index in [4.69, 9.17) is 9.47 Å². The van der Waals surface area contributed by atoms with Crippen molar-refractivity contribution in [3.8, 4) is 22.6 Å². The zero-order valence-electron chi connectivity index (χ0n) is 11.3. The van der Waals surface area contributed by atoms with E-state index in [1.165, 1.54) is 29.5 Å². The van der Waals surface area contributed by atoms with Crippen LogP contribution in [0.4, 0.5) is 0 Å². The molecule has 0 aromatic heterocycles. The summed E-state index contributed by atoms with van der Waals surface area (Å²) in [5, 5.41) is 0. The van der Waals surface area contributed by atoms with Gasteiger partial charge < -0.3 is 9.47 Å². The maximum Gasteiger partial charge on any atom is 0.164 e. The van der Waals surface area contributed by atoms with Crippen LogP contribution in [0.15, 0.2) is 42.5 Å². The minimum atomic E-state index is 0.632. The van der Waals surface area contributed by atoms with Crippen molar-refractivity contribution in [1.29, 1.82) is 0 Å². The van der Waals surface area contributed by atoms with Gasteiger partial charge in [0.25, 0.3) is 0 Å². The molecule has 1 aliphatic carbocycles. The fraction of sp³-hybridized carbons (Fsp3) is 0.294. The van der Waals surface area contributed by atoms with E-state index in [0.717, 1.165) is 11.5 Å². The van der Waals surface area contributed by atoms with Crippen LogP contribution in [0.25, 0.3) is 11.1 Å². The molecule has 0 atom stereocenters. The van der Waals surface area contributed by atoms with Crippen LogP contribution in [0, 0.1) is 0 Å². The fourth-order valence-electron chi connectivity index (χ4n) is 2.49. The average Bonchev–Trinajstić information content (AvgIpc) is 3.31. The molecule has 2 aromatic carbocycles. The Labute approximate surface area is 114 Å². The maximum absolute atomic E-state index is 5.53. The van der Waals surface area contributed by atoms with Crippen LogP contribution in [-0.2, 0) is 0 Å². The lowest BCUT2D eigenvalue weighted by Crippen LogP contribution is -1.96. The Balaban J connectivity index is 2.13. The Kier molecular flexibility index (Phi) is 3.16. The highest BCUT2D eigenvalue weighted by atomic mass is 16.5. The van der Waals surface area contributed by atoms with E-state index >= 15 is 0 Å². The van der Waals surface area contributed by atoms with Crippen LogP contribution >= 0.6 is 0 Å². The summed E-state index contributed by atoms with van der Waals surface area (Å²) in [4.78, 5) is 0. The van der Waals surface area contributed by atoms with E-state index in [2.05, 4.69) is 36.4 Å². The molecule has 2 nitrogen and oxygen atoms in total. The molecule has 0 amide bonds. The van der Waals surface area contributed by atoms with Crippen molar-refractivity contribution in [1.82, 2.24) is 0 Å². The molecule has 0 radical (unpaired) electrons. The number of benzene rings is 2. The summed E-state index contributed by atoms with van der Waals surface area (Å²) in [6.07, 6.45) is 2.50. The summed E-state index contributed by atoms with van der Waals surface area (Å²) in [6.45, 7) is 0. The summed E-state index contributed by atoms with van der Waals surface area (Å²) < 4.78 is 11.0. The first-order valence-corrected chi connectivity index (χ1v) is 6.65. The first-order chi connectivity index (χ1) is 9.33. The van der Waals surface area contributed by atoms with Crippen LogP contribution in [0.5, 0.6) is 11.5 Å². The lowest BCUT2D eigenvalue weighted by atomic mass is 9.99. The predicted octanol–water partition coefficient (Wildman–Crippen LogP) is 4.25. The monoisotopic (exact) mass is 254 g/mol.